The molecule has 1 amide bonds. The molecule has 0 saturated carbocycles. The molecule has 0 unspecified atom stereocenters. The summed E-state index contributed by atoms with van der Waals surface area (Å²) in [7, 11) is 0. The Balaban J connectivity index is 1.19. The minimum atomic E-state index is -0.0408. The first kappa shape index (κ1) is 21.7. The van der Waals surface area contributed by atoms with Crippen LogP contribution in [0.25, 0.3) is 22.2 Å². The molecule has 2 aromatic heterocycles. The summed E-state index contributed by atoms with van der Waals surface area (Å²) >= 11 is 0. The number of nitrogens with zero attached hydrogens (tertiary/aromatic N) is 4. The highest BCUT2D eigenvalue weighted by Gasteiger charge is 2.24. The van der Waals surface area contributed by atoms with E-state index in [1.807, 2.05) is 42.6 Å². The van der Waals surface area contributed by atoms with Gasteiger partial charge in [0.15, 0.2) is 0 Å². The zero-order valence-electron chi connectivity index (χ0n) is 18.9. The van der Waals surface area contributed by atoms with Crippen LogP contribution >= 0.6 is 0 Å². The number of aliphatic imine (C=N–C) groups is 1. The lowest BCUT2D eigenvalue weighted by Gasteiger charge is -2.39. The average Bonchev–Trinajstić information content (AvgIpc) is 3.37. The van der Waals surface area contributed by atoms with Gasteiger partial charge >= 0.3 is 0 Å². The van der Waals surface area contributed by atoms with Gasteiger partial charge in [-0.25, -0.2) is 0 Å². The van der Waals surface area contributed by atoms with Gasteiger partial charge in [-0.2, -0.15) is 0 Å². The van der Waals surface area contributed by atoms with Gasteiger partial charge in [-0.1, -0.05) is 24.3 Å². The van der Waals surface area contributed by atoms with E-state index in [1.165, 1.54) is 0 Å². The van der Waals surface area contributed by atoms with Crippen molar-refractivity contribution >= 4 is 23.6 Å². The number of fused-ring (bicyclic) bond motifs is 1. The van der Waals surface area contributed by atoms with E-state index >= 15 is 0 Å². The van der Waals surface area contributed by atoms with Crippen LogP contribution in [0.5, 0.6) is 0 Å². The number of nitrogens with one attached hydrogen (secondary N) is 1. The number of piperidine rings is 1. The monoisotopic (exact) mass is 453 g/mol. The molecule has 0 atom stereocenters. The number of likely N-dealkylation sites (tertiary alicyclic amines) is 1. The van der Waals surface area contributed by atoms with E-state index in [9.17, 15) is 4.79 Å². The molecule has 0 radical (unpaired) electrons. The Kier molecular flexibility index (Phi) is 6.25. The molecular weight excluding hydrogens is 426 g/mol. The maximum atomic E-state index is 12.9. The lowest BCUT2D eigenvalue weighted by atomic mass is 10.0. The number of amides is 1. The van der Waals surface area contributed by atoms with Crippen LogP contribution in [-0.2, 0) is 0 Å². The minimum Gasteiger partial charge on any atom is -0.464 e. The maximum Gasteiger partial charge on any atom is 0.251 e. The number of aromatic nitrogens is 1. The lowest BCUT2D eigenvalue weighted by molar-refractivity contribution is 0.0913. The number of allylic oxidation sites excluding steroid dienone is 2. The van der Waals surface area contributed by atoms with Crippen LogP contribution in [0.2, 0.25) is 0 Å². The van der Waals surface area contributed by atoms with Gasteiger partial charge in [0.1, 0.15) is 11.4 Å². The molecule has 5 rings (SSSR count). The number of benzene rings is 1. The van der Waals surface area contributed by atoms with Crippen molar-refractivity contribution < 1.29 is 9.21 Å². The van der Waals surface area contributed by atoms with Crippen molar-refractivity contribution in [2.24, 2.45) is 4.99 Å². The fourth-order valence-corrected chi connectivity index (χ4v) is 4.50. The topological polar surface area (TPSA) is 74.0 Å². The Bertz CT molecular complexity index is 1260. The fourth-order valence-electron chi connectivity index (χ4n) is 4.50. The van der Waals surface area contributed by atoms with Gasteiger partial charge in [-0.3, -0.25) is 14.8 Å². The molecule has 1 fully saturated rings. The molecule has 7 heteroatoms. The molecular formula is C27H27N5O2. The summed E-state index contributed by atoms with van der Waals surface area (Å²) in [5.41, 5.74) is 3.26. The van der Waals surface area contributed by atoms with Crippen LogP contribution in [-0.4, -0.2) is 53.1 Å². The van der Waals surface area contributed by atoms with E-state index in [0.717, 1.165) is 60.5 Å². The van der Waals surface area contributed by atoms with E-state index in [4.69, 9.17) is 4.42 Å². The van der Waals surface area contributed by atoms with Crippen LogP contribution in [0.3, 0.4) is 0 Å². The van der Waals surface area contributed by atoms with Crippen LogP contribution in [0.15, 0.2) is 94.7 Å². The van der Waals surface area contributed by atoms with Gasteiger partial charge in [0.2, 0.25) is 0 Å². The van der Waals surface area contributed by atoms with E-state index < -0.39 is 0 Å². The third kappa shape index (κ3) is 4.50. The summed E-state index contributed by atoms with van der Waals surface area (Å²) in [6, 6.07) is 11.5. The van der Waals surface area contributed by atoms with Gasteiger partial charge in [0.05, 0.1) is 12.0 Å². The summed E-state index contributed by atoms with van der Waals surface area (Å²) in [5, 5.41) is 4.17. The molecule has 3 aromatic rings. The second-order valence-electron chi connectivity index (χ2n) is 8.39. The van der Waals surface area contributed by atoms with Gasteiger partial charge in [0, 0.05) is 60.8 Å². The van der Waals surface area contributed by atoms with Crippen molar-refractivity contribution in [3.05, 3.63) is 90.9 Å². The van der Waals surface area contributed by atoms with Crippen molar-refractivity contribution in [1.82, 2.24) is 20.1 Å². The van der Waals surface area contributed by atoms with Crippen LogP contribution in [0.4, 0.5) is 0 Å². The molecule has 4 heterocycles. The third-order valence-electron chi connectivity index (χ3n) is 6.28. The van der Waals surface area contributed by atoms with Gasteiger partial charge in [-0.05, 0) is 49.9 Å². The molecule has 172 valence electrons. The summed E-state index contributed by atoms with van der Waals surface area (Å²) in [6.45, 7) is 6.10. The number of carbonyl (C=O) groups is 1. The third-order valence-corrected chi connectivity index (χ3v) is 6.28. The standard InChI is InChI=1S/C27H27N5O2/c1-28-14-18-31-15-3-2-4-25(31)32-16-10-22(11-17-32)30-27(33)21-7-5-20(6-8-21)26-23-12-19-34-24(23)9-13-29-26/h2-9,12-14,18-19,22H,1,10-11,15-17H2,(H,30,33)/b18-14-. The van der Waals surface area contributed by atoms with Crippen molar-refractivity contribution in [2.75, 3.05) is 19.6 Å². The zero-order valence-corrected chi connectivity index (χ0v) is 18.9. The highest BCUT2D eigenvalue weighted by atomic mass is 16.3. The molecule has 2 aliphatic rings. The minimum absolute atomic E-state index is 0.0408. The maximum absolute atomic E-state index is 12.9. The second kappa shape index (κ2) is 9.79. The van der Waals surface area contributed by atoms with E-state index in [-0.39, 0.29) is 11.9 Å². The number of rotatable bonds is 6. The Morgan fingerprint density at radius 1 is 1.18 bits per heavy atom. The molecule has 34 heavy (non-hydrogen) atoms. The van der Waals surface area contributed by atoms with Crippen molar-refractivity contribution in [1.29, 1.82) is 0 Å². The quantitative estimate of drug-likeness (QED) is 0.554. The largest absolute Gasteiger partial charge is 0.464 e. The highest BCUT2D eigenvalue weighted by Crippen LogP contribution is 2.27. The Labute approximate surface area is 198 Å². The first-order chi connectivity index (χ1) is 16.7. The van der Waals surface area contributed by atoms with E-state index in [2.05, 4.69) is 50.0 Å². The fraction of sp³-hybridized carbons (Fsp3) is 0.222. The molecule has 0 aliphatic carbocycles. The molecule has 7 nitrogen and oxygen atoms in total. The molecule has 1 saturated heterocycles. The summed E-state index contributed by atoms with van der Waals surface area (Å²) in [6.07, 6.45) is 15.2. The Morgan fingerprint density at radius 3 is 2.79 bits per heavy atom. The molecule has 0 bridgehead atoms. The average molecular weight is 454 g/mol. The number of furan rings is 1. The first-order valence-electron chi connectivity index (χ1n) is 11.5. The predicted octanol–water partition coefficient (Wildman–Crippen LogP) is 4.57. The van der Waals surface area contributed by atoms with Crippen molar-refractivity contribution in [3.63, 3.8) is 0 Å². The molecule has 0 spiro atoms. The predicted molar refractivity (Wildman–Crippen MR) is 134 cm³/mol. The first-order valence-corrected chi connectivity index (χ1v) is 11.5. The summed E-state index contributed by atoms with van der Waals surface area (Å²) in [4.78, 5) is 25.7. The molecule has 1 aromatic carbocycles. The smallest absolute Gasteiger partial charge is 0.251 e. The lowest BCUT2D eigenvalue weighted by Crippen LogP contribution is -2.46. The highest BCUT2D eigenvalue weighted by molar-refractivity contribution is 5.96. The molecule has 1 N–H and O–H groups in total. The van der Waals surface area contributed by atoms with Crippen LogP contribution in [0, 0.1) is 0 Å². The Hall–Kier alpha value is -4.13. The Morgan fingerprint density at radius 2 is 2.00 bits per heavy atom. The normalized spacial score (nSPS) is 16.8. The second-order valence-corrected chi connectivity index (χ2v) is 8.39. The van der Waals surface area contributed by atoms with Crippen LogP contribution in [0.1, 0.15) is 23.2 Å². The van der Waals surface area contributed by atoms with Gasteiger partial charge in [0.25, 0.3) is 5.91 Å². The SMILES string of the molecule is C=N/C=C\N1CC=CC=C1N1CCC(NC(=O)c2ccc(-c3nccc4occc34)cc2)CC1. The number of hydrogen-bond acceptors (Lipinski definition) is 6. The number of carbonyl (C=O) groups excluding carboxylic acids is 1. The van der Waals surface area contributed by atoms with Gasteiger partial charge < -0.3 is 19.5 Å². The van der Waals surface area contributed by atoms with Crippen LogP contribution < -0.4 is 5.32 Å². The van der Waals surface area contributed by atoms with Crippen molar-refractivity contribution in [3.8, 4) is 11.3 Å². The number of hydrogen-bond donors (Lipinski definition) is 1. The van der Waals surface area contributed by atoms with Gasteiger partial charge in [-0.15, -0.1) is 0 Å². The van der Waals surface area contributed by atoms with Crippen molar-refractivity contribution in [2.45, 2.75) is 18.9 Å². The molecule has 2 aliphatic heterocycles. The van der Waals surface area contributed by atoms with E-state index in [0.29, 0.717) is 5.56 Å². The number of pyridine rings is 1. The summed E-state index contributed by atoms with van der Waals surface area (Å²) < 4.78 is 5.47. The zero-order chi connectivity index (χ0) is 23.3. The summed E-state index contributed by atoms with van der Waals surface area (Å²) in [5.74, 6) is 1.12. The van der Waals surface area contributed by atoms with E-state index in [1.54, 1.807) is 18.7 Å².